The van der Waals surface area contributed by atoms with Crippen LogP contribution in [0.1, 0.15) is 0 Å². The highest BCUT2D eigenvalue weighted by molar-refractivity contribution is 6.69. The van der Waals surface area contributed by atoms with Crippen molar-refractivity contribution in [1.82, 2.24) is 19.9 Å². The van der Waals surface area contributed by atoms with Gasteiger partial charge < -0.3 is 0 Å². The van der Waals surface area contributed by atoms with Crippen molar-refractivity contribution >= 4 is 172 Å². The molecule has 0 saturated heterocycles. The molecular formula is C34H11B10N5. The van der Waals surface area contributed by atoms with E-state index in [1.54, 1.807) is 0 Å². The Bertz CT molecular complexity index is 2450. The summed E-state index contributed by atoms with van der Waals surface area (Å²) in [4.78, 5) is 21.6. The standard InChI is InChI=1S/C34H11B10N5/c35-21-19(22(36)26(40)29(43)25(21)39)32-46-33(20-23(37)27(41)30(44)28(42)24(20)38)48-34(47-32)49-16-10-4-2-7-14(16)31-18-13(8-5-11-17(18)49)12-6-1-3-9-15(12)45-31/h1-11H. The number of pyridine rings is 1. The van der Waals surface area contributed by atoms with E-state index in [-0.39, 0.29) is 83.4 Å². The lowest BCUT2D eigenvalue weighted by atomic mass is 9.60. The Kier molecular flexibility index (Phi) is 7.33. The molecule has 0 fully saturated rings. The highest BCUT2D eigenvalue weighted by atomic mass is 15.3. The molecule has 8 rings (SSSR count). The lowest BCUT2D eigenvalue weighted by molar-refractivity contribution is 1.03. The second-order valence-corrected chi connectivity index (χ2v) is 11.7. The van der Waals surface area contributed by atoms with Gasteiger partial charge in [0.05, 0.1) is 22.6 Å². The number of benzene rings is 5. The van der Waals surface area contributed by atoms with Gasteiger partial charge in [0.15, 0.2) is 11.6 Å². The van der Waals surface area contributed by atoms with E-state index in [1.807, 2.05) is 65.6 Å². The number of fused-ring (bicyclic) bond motifs is 4. The van der Waals surface area contributed by atoms with E-state index in [9.17, 15) is 0 Å². The molecule has 5 nitrogen and oxygen atoms in total. The van der Waals surface area contributed by atoms with Gasteiger partial charge >= 0.3 is 0 Å². The Morgan fingerprint density at radius 2 is 0.878 bits per heavy atom. The summed E-state index contributed by atoms with van der Waals surface area (Å²) in [6.07, 6.45) is 0. The second-order valence-electron chi connectivity index (χ2n) is 11.7. The Balaban J connectivity index is 1.51. The van der Waals surface area contributed by atoms with Crippen LogP contribution in [-0.2, 0) is 0 Å². The van der Waals surface area contributed by atoms with Crippen LogP contribution in [0.2, 0.25) is 0 Å². The first-order valence-electron chi connectivity index (χ1n) is 15.0. The highest BCUT2D eigenvalue weighted by Gasteiger charge is 2.31. The number of para-hydroxylation sites is 2. The van der Waals surface area contributed by atoms with Gasteiger partial charge in [0.25, 0.3) is 0 Å². The van der Waals surface area contributed by atoms with Crippen LogP contribution in [0.25, 0.3) is 55.7 Å². The van der Waals surface area contributed by atoms with E-state index in [0.29, 0.717) is 0 Å². The highest BCUT2D eigenvalue weighted by Crippen LogP contribution is 2.50. The van der Waals surface area contributed by atoms with Gasteiger partial charge in [-0.3, -0.25) is 4.90 Å². The largest absolute Gasteiger partial charge is 0.278 e. The fraction of sp³-hybridized carbons (Fsp3) is 0. The minimum absolute atomic E-state index is 0.00765. The minimum atomic E-state index is 0.00765. The first-order valence-corrected chi connectivity index (χ1v) is 15.0. The van der Waals surface area contributed by atoms with Crippen molar-refractivity contribution in [3.05, 3.63) is 66.7 Å². The van der Waals surface area contributed by atoms with E-state index < -0.39 is 0 Å². The predicted molar refractivity (Wildman–Crippen MR) is 211 cm³/mol. The molecule has 0 aliphatic carbocycles. The van der Waals surface area contributed by atoms with E-state index in [0.717, 1.165) is 44.3 Å². The number of hydrogen-bond donors (Lipinski definition) is 0. The Morgan fingerprint density at radius 3 is 1.47 bits per heavy atom. The van der Waals surface area contributed by atoms with E-state index in [2.05, 4.69) is 6.07 Å². The molecule has 3 heterocycles. The van der Waals surface area contributed by atoms with Crippen LogP contribution < -0.4 is 59.5 Å². The summed E-state index contributed by atoms with van der Waals surface area (Å²) in [6, 6.07) is 21.8. The van der Waals surface area contributed by atoms with Crippen LogP contribution in [0.15, 0.2) is 66.7 Å². The number of anilines is 3. The average molecular weight is 598 g/mol. The van der Waals surface area contributed by atoms with Crippen molar-refractivity contribution in [2.45, 2.75) is 0 Å². The summed E-state index contributed by atoms with van der Waals surface area (Å²) in [6.45, 7) is 0. The predicted octanol–water partition coefficient (Wildman–Crippen LogP) is -3.70. The fourth-order valence-corrected chi connectivity index (χ4v) is 6.45. The van der Waals surface area contributed by atoms with Crippen molar-refractivity contribution in [1.29, 1.82) is 0 Å². The van der Waals surface area contributed by atoms with Crippen LogP contribution in [0.3, 0.4) is 0 Å². The molecule has 0 spiro atoms. The normalized spacial score (nSPS) is 12.0. The minimum Gasteiger partial charge on any atom is -0.278 e. The number of nitrogens with zero attached hydrogens (tertiary/aromatic N) is 5. The second kappa shape index (κ2) is 11.4. The number of aromatic nitrogens is 4. The molecule has 0 saturated carbocycles. The zero-order valence-electron chi connectivity index (χ0n) is 25.9. The van der Waals surface area contributed by atoms with Crippen LogP contribution >= 0.6 is 0 Å². The average Bonchev–Trinajstić information content (AvgIpc) is 3.11. The third kappa shape index (κ3) is 4.54. The third-order valence-electron chi connectivity index (χ3n) is 9.02. The summed E-state index contributed by atoms with van der Waals surface area (Å²) in [5, 5.41) is 2.87. The molecule has 20 radical (unpaired) electrons. The summed E-state index contributed by atoms with van der Waals surface area (Å²) < 4.78 is 0. The molecule has 202 valence electrons. The van der Waals surface area contributed by atoms with E-state index >= 15 is 0 Å². The number of hydrogen-bond acceptors (Lipinski definition) is 5. The molecule has 1 aliphatic heterocycles. The van der Waals surface area contributed by atoms with Crippen molar-refractivity contribution in [3.63, 3.8) is 0 Å². The van der Waals surface area contributed by atoms with Gasteiger partial charge in [-0.15, -0.1) is 32.8 Å². The third-order valence-corrected chi connectivity index (χ3v) is 9.02. The first-order chi connectivity index (χ1) is 23.5. The van der Waals surface area contributed by atoms with Gasteiger partial charge in [0, 0.05) is 27.5 Å². The molecule has 15 heteroatoms. The van der Waals surface area contributed by atoms with Gasteiger partial charge in [0.1, 0.15) is 78.5 Å². The van der Waals surface area contributed by atoms with Crippen LogP contribution in [0, 0.1) is 0 Å². The lowest BCUT2D eigenvalue weighted by Gasteiger charge is -2.32. The summed E-state index contributed by atoms with van der Waals surface area (Å²) in [7, 11) is 63.4. The maximum absolute atomic E-state index is 6.52. The van der Waals surface area contributed by atoms with Crippen molar-refractivity contribution in [2.75, 3.05) is 4.90 Å². The van der Waals surface area contributed by atoms with Crippen molar-refractivity contribution in [3.8, 4) is 34.0 Å². The molecule has 1 aliphatic rings. The Morgan fingerprint density at radius 1 is 0.408 bits per heavy atom. The summed E-state index contributed by atoms with van der Waals surface area (Å²) >= 11 is 0. The first kappa shape index (κ1) is 31.5. The molecule has 0 atom stereocenters. The maximum atomic E-state index is 6.52. The topological polar surface area (TPSA) is 54.8 Å². The molecule has 5 aromatic carbocycles. The molecule has 0 unspecified atom stereocenters. The molecule has 0 amide bonds. The SMILES string of the molecule is [B]c1c([B])c([B])c(-c2nc(-c3c([B])c([B])c([B])c([B])c3[B])nc(N3c4ccccc4-c4nc5ccccc5c5cccc3c45)n2)c([B])c1[B]. The Labute approximate surface area is 296 Å². The molecule has 7 aromatic rings. The van der Waals surface area contributed by atoms with Gasteiger partial charge in [0.2, 0.25) is 5.95 Å². The van der Waals surface area contributed by atoms with E-state index in [4.69, 9.17) is 98.4 Å². The number of rotatable bonds is 3. The van der Waals surface area contributed by atoms with Gasteiger partial charge in [-0.25, -0.2) is 9.97 Å². The van der Waals surface area contributed by atoms with Gasteiger partial charge in [-0.2, -0.15) is 9.97 Å². The Hall–Kier alpha value is -4.77. The van der Waals surface area contributed by atoms with Crippen LogP contribution in [0.5, 0.6) is 0 Å². The molecule has 0 N–H and O–H groups in total. The van der Waals surface area contributed by atoms with Crippen LogP contribution in [-0.4, -0.2) is 98.4 Å². The van der Waals surface area contributed by atoms with E-state index in [1.165, 1.54) is 0 Å². The molecule has 49 heavy (non-hydrogen) atoms. The van der Waals surface area contributed by atoms with Crippen LogP contribution in [0.4, 0.5) is 17.3 Å². The fourth-order valence-electron chi connectivity index (χ4n) is 6.45. The molecule has 0 bridgehead atoms. The lowest BCUT2D eigenvalue weighted by Crippen LogP contribution is -2.55. The van der Waals surface area contributed by atoms with Crippen molar-refractivity contribution in [2.24, 2.45) is 0 Å². The zero-order valence-corrected chi connectivity index (χ0v) is 25.9. The monoisotopic (exact) mass is 599 g/mol. The quantitative estimate of drug-likeness (QED) is 0.155. The maximum Gasteiger partial charge on any atom is 0.238 e. The van der Waals surface area contributed by atoms with Gasteiger partial charge in [-0.1, -0.05) is 70.4 Å². The zero-order chi connectivity index (χ0) is 34.5. The van der Waals surface area contributed by atoms with Gasteiger partial charge in [-0.05, 0) is 23.6 Å². The summed E-state index contributed by atoms with van der Waals surface area (Å²) in [5.74, 6) is 0.167. The summed E-state index contributed by atoms with van der Waals surface area (Å²) in [5.41, 5.74) is 4.52. The van der Waals surface area contributed by atoms with Crippen molar-refractivity contribution < 1.29 is 0 Å². The molecule has 2 aromatic heterocycles. The molecular weight excluding hydrogens is 587 g/mol. The smallest absolute Gasteiger partial charge is 0.238 e.